The van der Waals surface area contributed by atoms with Crippen molar-refractivity contribution in [3.8, 4) is 0 Å². The number of morpholine rings is 1. The van der Waals surface area contributed by atoms with Crippen LogP contribution >= 0.6 is 23.1 Å². The molecular weight excluding hydrogens is 800 g/mol. The van der Waals surface area contributed by atoms with Gasteiger partial charge in [0.25, 0.3) is 5.91 Å². The van der Waals surface area contributed by atoms with Gasteiger partial charge in [0.2, 0.25) is 0 Å². The zero-order valence-electron chi connectivity index (χ0n) is 31.4. The summed E-state index contributed by atoms with van der Waals surface area (Å²) in [7, 11) is -4.20. The van der Waals surface area contributed by atoms with Gasteiger partial charge < -0.3 is 24.7 Å². The highest BCUT2D eigenvalue weighted by molar-refractivity contribution is 7.99. The van der Waals surface area contributed by atoms with Crippen molar-refractivity contribution in [1.82, 2.24) is 24.3 Å². The first-order valence-corrected chi connectivity index (χ1v) is 22.4. The number of hydrogen-bond acceptors (Lipinski definition) is 13. The fourth-order valence-electron chi connectivity index (χ4n) is 7.01. The third-order valence-corrected chi connectivity index (χ3v) is 13.8. The number of halogens is 1. The second kappa shape index (κ2) is 17.7. The largest absolute Gasteiger partial charge is 0.379 e. The van der Waals surface area contributed by atoms with Crippen LogP contribution in [-0.2, 0) is 27.5 Å². The van der Waals surface area contributed by atoms with E-state index in [1.807, 2.05) is 47.4 Å². The van der Waals surface area contributed by atoms with Crippen LogP contribution in [0.2, 0.25) is 0 Å². The summed E-state index contributed by atoms with van der Waals surface area (Å²) in [5.41, 5.74) is 3.18. The van der Waals surface area contributed by atoms with Gasteiger partial charge >= 0.3 is 0 Å². The molecule has 2 aliphatic heterocycles. The lowest BCUT2D eigenvalue weighted by atomic mass is 9.94. The lowest BCUT2D eigenvalue weighted by Crippen LogP contribution is -2.39. The van der Waals surface area contributed by atoms with Gasteiger partial charge in [-0.25, -0.2) is 22.8 Å². The standard InChI is InChI=1S/C41H41FN8O5S3/c42-34-21-31(9-10-35(34)44-29(12-14-48-17-19-55-20-18-48)25-56-30-6-2-1-3-7-30)58(53,54)27-37(51)36-26-57-41(45-36)50-15-11-28-5-4-8-32(33(28)23-50)40(52)47-38-24-49-16-13-43-22-39(49)46-38/h1-10,13,16,21-22,24,26,29,44H,11-12,14-15,17-20,23,25,27H2,(H,47,52)/t29-/m1/s1. The quantitative estimate of drug-likeness (QED) is 0.0910. The summed E-state index contributed by atoms with van der Waals surface area (Å²) in [4.78, 5) is 44.9. The minimum Gasteiger partial charge on any atom is -0.379 e. The summed E-state index contributed by atoms with van der Waals surface area (Å²) in [5.74, 6) is -1.48. The molecule has 300 valence electrons. The molecule has 1 fully saturated rings. The van der Waals surface area contributed by atoms with E-state index in [1.165, 1.54) is 28.8 Å². The summed E-state index contributed by atoms with van der Waals surface area (Å²) in [5, 5.41) is 8.27. The summed E-state index contributed by atoms with van der Waals surface area (Å²) in [6, 6.07) is 19.2. The fraction of sp³-hybridized carbons (Fsp3) is 0.293. The number of amides is 1. The van der Waals surface area contributed by atoms with Gasteiger partial charge in [-0.1, -0.05) is 30.3 Å². The zero-order chi connectivity index (χ0) is 40.1. The minimum absolute atomic E-state index is 0.0134. The number of nitrogens with zero attached hydrogens (tertiary/aromatic N) is 6. The Balaban J connectivity index is 0.906. The highest BCUT2D eigenvalue weighted by Gasteiger charge is 2.27. The first-order valence-electron chi connectivity index (χ1n) is 18.9. The second-order valence-electron chi connectivity index (χ2n) is 14.1. The summed E-state index contributed by atoms with van der Waals surface area (Å²) >= 11 is 2.90. The predicted molar refractivity (Wildman–Crippen MR) is 223 cm³/mol. The number of ether oxygens (including phenoxy) is 1. The maximum Gasteiger partial charge on any atom is 0.257 e. The molecule has 0 unspecified atom stereocenters. The van der Waals surface area contributed by atoms with Crippen molar-refractivity contribution in [2.75, 3.05) is 66.4 Å². The number of benzene rings is 3. The number of fused-ring (bicyclic) bond motifs is 2. The molecular formula is C41H41FN8O5S3. The van der Waals surface area contributed by atoms with Crippen LogP contribution < -0.4 is 15.5 Å². The van der Waals surface area contributed by atoms with Gasteiger partial charge in [-0.2, -0.15) is 0 Å². The number of nitrogens with one attached hydrogen (secondary N) is 2. The molecule has 0 bridgehead atoms. The number of aromatic nitrogens is 4. The maximum atomic E-state index is 15.6. The zero-order valence-corrected chi connectivity index (χ0v) is 33.9. The van der Waals surface area contributed by atoms with Crippen LogP contribution in [0.15, 0.2) is 107 Å². The summed E-state index contributed by atoms with van der Waals surface area (Å²) in [6.45, 7) is 4.85. The molecule has 1 saturated heterocycles. The van der Waals surface area contributed by atoms with Gasteiger partial charge in [-0.3, -0.25) is 19.5 Å². The van der Waals surface area contributed by atoms with E-state index in [9.17, 15) is 18.0 Å². The number of Topliss-reactive ketones (excluding diaryl/α,β-unsaturated/α-hetero) is 1. The van der Waals surface area contributed by atoms with Crippen LogP contribution in [0.25, 0.3) is 5.65 Å². The molecule has 1 amide bonds. The van der Waals surface area contributed by atoms with E-state index in [0.29, 0.717) is 60.6 Å². The summed E-state index contributed by atoms with van der Waals surface area (Å²) in [6.07, 6.45) is 8.10. The van der Waals surface area contributed by atoms with Crippen molar-refractivity contribution in [2.24, 2.45) is 0 Å². The number of carbonyl (C=O) groups excluding carboxylic acids is 2. The molecule has 2 N–H and O–H groups in total. The first kappa shape index (κ1) is 39.6. The van der Waals surface area contributed by atoms with Crippen LogP contribution in [0.3, 0.4) is 0 Å². The second-order valence-corrected chi connectivity index (χ2v) is 18.0. The molecule has 8 rings (SSSR count). The average Bonchev–Trinajstić information content (AvgIpc) is 3.90. The number of carbonyl (C=O) groups is 2. The third kappa shape index (κ3) is 9.40. The molecule has 58 heavy (non-hydrogen) atoms. The van der Waals surface area contributed by atoms with Gasteiger partial charge in [0.15, 0.2) is 32.2 Å². The molecule has 0 spiro atoms. The van der Waals surface area contributed by atoms with Gasteiger partial charge in [0.05, 0.1) is 36.2 Å². The van der Waals surface area contributed by atoms with Crippen molar-refractivity contribution in [2.45, 2.75) is 35.2 Å². The smallest absolute Gasteiger partial charge is 0.257 e. The third-order valence-electron chi connectivity index (χ3n) is 10.1. The number of imidazole rings is 1. The topological polar surface area (TPSA) is 151 Å². The Morgan fingerprint density at radius 3 is 2.67 bits per heavy atom. The molecule has 5 heterocycles. The molecule has 17 heteroatoms. The fourth-order valence-corrected chi connectivity index (χ4v) is 10.1. The Labute approximate surface area is 343 Å². The Hall–Kier alpha value is -5.20. The Kier molecular flexibility index (Phi) is 12.1. The van der Waals surface area contributed by atoms with Crippen molar-refractivity contribution in [3.05, 3.63) is 125 Å². The van der Waals surface area contributed by atoms with Gasteiger partial charge in [0, 0.05) is 72.8 Å². The van der Waals surface area contributed by atoms with Gasteiger partial charge in [0.1, 0.15) is 17.3 Å². The maximum absolute atomic E-state index is 15.6. The van der Waals surface area contributed by atoms with E-state index in [1.54, 1.807) is 47.0 Å². The molecule has 6 aromatic rings. The molecule has 13 nitrogen and oxygen atoms in total. The van der Waals surface area contributed by atoms with Crippen molar-refractivity contribution < 1.29 is 27.1 Å². The first-order chi connectivity index (χ1) is 28.2. The highest BCUT2D eigenvalue weighted by Crippen LogP contribution is 2.31. The molecule has 3 aromatic heterocycles. The van der Waals surface area contributed by atoms with Crippen molar-refractivity contribution in [3.63, 3.8) is 0 Å². The Morgan fingerprint density at radius 2 is 1.86 bits per heavy atom. The number of ketones is 1. The predicted octanol–water partition coefficient (Wildman–Crippen LogP) is 6.09. The highest BCUT2D eigenvalue weighted by atomic mass is 32.2. The van der Waals surface area contributed by atoms with E-state index < -0.39 is 27.2 Å². The van der Waals surface area contributed by atoms with Crippen LogP contribution in [0.1, 0.15) is 38.4 Å². The Bertz CT molecular complexity index is 2490. The number of thioether (sulfide) groups is 1. The molecule has 0 aliphatic carbocycles. The molecule has 0 saturated carbocycles. The number of anilines is 3. The lowest BCUT2D eigenvalue weighted by Gasteiger charge is -2.29. The monoisotopic (exact) mass is 840 g/mol. The van der Waals surface area contributed by atoms with Crippen LogP contribution in [-0.4, -0.2) is 101 Å². The number of rotatable bonds is 15. The number of hydrogen-bond donors (Lipinski definition) is 2. The van der Waals surface area contributed by atoms with E-state index in [4.69, 9.17) is 4.74 Å². The van der Waals surface area contributed by atoms with Crippen LogP contribution in [0, 0.1) is 5.82 Å². The van der Waals surface area contributed by atoms with E-state index >= 15 is 4.39 Å². The van der Waals surface area contributed by atoms with Crippen molar-refractivity contribution >= 4 is 66.9 Å². The minimum atomic E-state index is -4.20. The van der Waals surface area contributed by atoms with Gasteiger partial charge in [-0.15, -0.1) is 23.1 Å². The summed E-state index contributed by atoms with van der Waals surface area (Å²) < 4.78 is 49.8. The number of sulfone groups is 1. The van der Waals surface area contributed by atoms with E-state index in [2.05, 4.69) is 30.5 Å². The van der Waals surface area contributed by atoms with Crippen LogP contribution in [0.5, 0.6) is 0 Å². The molecule has 2 aliphatic rings. The van der Waals surface area contributed by atoms with E-state index in [-0.39, 0.29) is 28.2 Å². The Morgan fingerprint density at radius 1 is 1.02 bits per heavy atom. The van der Waals surface area contributed by atoms with Crippen molar-refractivity contribution in [1.29, 1.82) is 0 Å². The average molecular weight is 841 g/mol. The molecule has 3 aromatic carbocycles. The molecule has 1 atom stereocenters. The van der Waals surface area contributed by atoms with Gasteiger partial charge in [-0.05, 0) is 60.4 Å². The SMILES string of the molecule is O=C(CS(=O)(=O)c1ccc(N[C@H](CCN2CCOCC2)CSc2ccccc2)c(F)c1)c1csc(N2CCc3cccc(C(=O)Nc4cn5ccncc5n4)c3C2)n1. The normalized spacial score (nSPS) is 15.2. The lowest BCUT2D eigenvalue weighted by molar-refractivity contribution is 0.0370. The number of thiazole rings is 1. The van der Waals surface area contributed by atoms with Crippen LogP contribution in [0.4, 0.5) is 21.0 Å². The molecule has 0 radical (unpaired) electrons. The van der Waals surface area contributed by atoms with E-state index in [0.717, 1.165) is 48.1 Å².